The molecule has 0 fully saturated rings. The first kappa shape index (κ1) is 17.6. The maximum Gasteiger partial charge on any atom is 0.337 e. The number of carboxylic acids is 2. The Balaban J connectivity index is 2.35. The summed E-state index contributed by atoms with van der Waals surface area (Å²) < 4.78 is 8.19. The zero-order chi connectivity index (χ0) is 18.8. The third kappa shape index (κ3) is 3.14. The van der Waals surface area contributed by atoms with Crippen LogP contribution in [0.5, 0.6) is 0 Å². The van der Waals surface area contributed by atoms with Crippen molar-refractivity contribution in [2.24, 2.45) is 0 Å². The number of para-hydroxylation sites is 1. The average Bonchev–Trinajstić information content (AvgIpc) is 3.06. The van der Waals surface area contributed by atoms with Gasteiger partial charge < -0.3 is 15.1 Å². The molecule has 0 bridgehead atoms. The molecular weight excluding hydrogens is 354 g/mol. The second-order valence-corrected chi connectivity index (χ2v) is 6.27. The van der Waals surface area contributed by atoms with Crippen molar-refractivity contribution in [1.82, 2.24) is 8.75 Å². The molecule has 2 aromatic carbocycles. The van der Waals surface area contributed by atoms with Crippen LogP contribution in [0.1, 0.15) is 11.1 Å². The lowest BCUT2D eigenvalue weighted by molar-refractivity contribution is -0.132. The van der Waals surface area contributed by atoms with Crippen molar-refractivity contribution in [2.75, 3.05) is 19.0 Å². The molecule has 0 aliphatic carbocycles. The molecule has 26 heavy (non-hydrogen) atoms. The molecule has 0 aliphatic heterocycles. The third-order valence-electron chi connectivity index (χ3n) is 3.88. The molecule has 1 heterocycles. The smallest absolute Gasteiger partial charge is 0.337 e. The van der Waals surface area contributed by atoms with Crippen LogP contribution in [0, 0.1) is 0 Å². The molecule has 0 aliphatic rings. The number of hydrogen-bond acceptors (Lipinski definition) is 6. The Bertz CT molecular complexity index is 1040. The Morgan fingerprint density at radius 3 is 2.23 bits per heavy atom. The summed E-state index contributed by atoms with van der Waals surface area (Å²) >= 11 is 1.01. The van der Waals surface area contributed by atoms with Gasteiger partial charge in [0, 0.05) is 25.3 Å². The molecule has 3 aromatic rings. The minimum Gasteiger partial charge on any atom is -0.478 e. The predicted octanol–water partition coefficient (Wildman–Crippen LogP) is 2.84. The van der Waals surface area contributed by atoms with Crippen molar-refractivity contribution >= 4 is 51.5 Å². The fourth-order valence-corrected chi connectivity index (χ4v) is 3.26. The van der Waals surface area contributed by atoms with E-state index in [0.29, 0.717) is 22.3 Å². The van der Waals surface area contributed by atoms with Crippen LogP contribution in [0.3, 0.4) is 0 Å². The van der Waals surface area contributed by atoms with Gasteiger partial charge in [-0.25, -0.2) is 9.59 Å². The van der Waals surface area contributed by atoms with E-state index in [0.717, 1.165) is 11.7 Å². The van der Waals surface area contributed by atoms with E-state index in [-0.39, 0.29) is 16.7 Å². The first-order valence-electron chi connectivity index (χ1n) is 7.60. The predicted molar refractivity (Wildman–Crippen MR) is 100 cm³/mol. The summed E-state index contributed by atoms with van der Waals surface area (Å²) in [5.74, 6) is -2.63. The van der Waals surface area contributed by atoms with Gasteiger partial charge in [-0.2, -0.15) is 8.75 Å². The van der Waals surface area contributed by atoms with Gasteiger partial charge >= 0.3 is 11.9 Å². The molecule has 132 valence electrons. The Morgan fingerprint density at radius 2 is 1.58 bits per heavy atom. The summed E-state index contributed by atoms with van der Waals surface area (Å²) in [5.41, 5.74) is 1.81. The van der Waals surface area contributed by atoms with Gasteiger partial charge in [0.05, 0.1) is 22.9 Å². The van der Waals surface area contributed by atoms with Crippen LogP contribution in [-0.4, -0.2) is 45.0 Å². The minimum atomic E-state index is -1.32. The van der Waals surface area contributed by atoms with Crippen LogP contribution in [0.15, 0.2) is 42.5 Å². The highest BCUT2D eigenvalue weighted by molar-refractivity contribution is 7.00. The monoisotopic (exact) mass is 369 g/mol. The molecule has 3 rings (SSSR count). The van der Waals surface area contributed by atoms with Crippen molar-refractivity contribution in [2.45, 2.75) is 0 Å². The van der Waals surface area contributed by atoms with Crippen LogP contribution < -0.4 is 4.90 Å². The van der Waals surface area contributed by atoms with E-state index in [1.54, 1.807) is 61.5 Å². The highest BCUT2D eigenvalue weighted by atomic mass is 32.1. The highest BCUT2D eigenvalue weighted by Crippen LogP contribution is 2.33. The molecule has 8 heteroatoms. The number of rotatable bonds is 5. The third-order valence-corrected chi connectivity index (χ3v) is 4.43. The first-order valence-corrected chi connectivity index (χ1v) is 8.33. The van der Waals surface area contributed by atoms with E-state index < -0.39 is 11.9 Å². The topological polar surface area (TPSA) is 104 Å². The van der Waals surface area contributed by atoms with Gasteiger partial charge in [0.2, 0.25) is 0 Å². The lowest BCUT2D eigenvalue weighted by atomic mass is 9.93. The fraction of sp³-hybridized carbons (Fsp3) is 0.111. The lowest BCUT2D eigenvalue weighted by Gasteiger charge is -2.19. The standard InChI is InChI=1S/C18H15N3O4S/c1-21(2)14-6-4-3-5-11(14)16(18(24)25)15(17(22)23)10-7-8-12-13(9-10)20-26-19-12/h3-9H,1-2H3,(H,22,23)(H,24,25)/b16-15-. The highest BCUT2D eigenvalue weighted by Gasteiger charge is 2.26. The number of aliphatic carboxylic acids is 2. The number of carboxylic acid groups (broad SMARTS) is 2. The van der Waals surface area contributed by atoms with Crippen LogP contribution in [0.2, 0.25) is 0 Å². The van der Waals surface area contributed by atoms with Crippen molar-refractivity contribution in [3.05, 3.63) is 53.6 Å². The second kappa shape index (κ2) is 6.93. The summed E-state index contributed by atoms with van der Waals surface area (Å²) in [6.45, 7) is 0. The molecule has 0 saturated carbocycles. The molecule has 2 N–H and O–H groups in total. The number of fused-ring (bicyclic) bond motifs is 1. The zero-order valence-corrected chi connectivity index (χ0v) is 14.8. The summed E-state index contributed by atoms with van der Waals surface area (Å²) in [6, 6.07) is 11.5. The van der Waals surface area contributed by atoms with Crippen molar-refractivity contribution in [3.8, 4) is 0 Å². The molecule has 0 unspecified atom stereocenters. The number of benzene rings is 2. The quantitative estimate of drug-likeness (QED) is 0.526. The van der Waals surface area contributed by atoms with E-state index in [1.165, 1.54) is 0 Å². The molecular formula is C18H15N3O4S. The van der Waals surface area contributed by atoms with Gasteiger partial charge in [0.1, 0.15) is 11.0 Å². The Kier molecular flexibility index (Phi) is 4.68. The molecule has 0 radical (unpaired) electrons. The van der Waals surface area contributed by atoms with Crippen LogP contribution in [0.25, 0.3) is 22.2 Å². The van der Waals surface area contributed by atoms with Gasteiger partial charge in [-0.1, -0.05) is 24.3 Å². The normalized spacial score (nSPS) is 11.9. The number of hydrogen-bond donors (Lipinski definition) is 2. The van der Waals surface area contributed by atoms with Crippen molar-refractivity contribution < 1.29 is 19.8 Å². The van der Waals surface area contributed by atoms with E-state index >= 15 is 0 Å². The minimum absolute atomic E-state index is 0.267. The van der Waals surface area contributed by atoms with E-state index in [4.69, 9.17) is 0 Å². The van der Waals surface area contributed by atoms with Crippen LogP contribution in [0.4, 0.5) is 5.69 Å². The largest absolute Gasteiger partial charge is 0.478 e. The summed E-state index contributed by atoms with van der Waals surface area (Å²) in [5, 5.41) is 19.6. The Labute approximate surface area is 153 Å². The molecule has 0 spiro atoms. The van der Waals surface area contributed by atoms with Crippen LogP contribution in [-0.2, 0) is 9.59 Å². The number of carbonyl (C=O) groups is 2. The molecule has 1 aromatic heterocycles. The Morgan fingerprint density at radius 1 is 0.923 bits per heavy atom. The molecule has 7 nitrogen and oxygen atoms in total. The summed E-state index contributed by atoms with van der Waals surface area (Å²) in [4.78, 5) is 25.8. The van der Waals surface area contributed by atoms with Crippen molar-refractivity contribution in [3.63, 3.8) is 0 Å². The molecule has 0 saturated heterocycles. The van der Waals surface area contributed by atoms with Gasteiger partial charge in [-0.15, -0.1) is 0 Å². The summed E-state index contributed by atoms with van der Waals surface area (Å²) in [6.07, 6.45) is 0. The fourth-order valence-electron chi connectivity index (χ4n) is 2.74. The van der Waals surface area contributed by atoms with Gasteiger partial charge in [0.25, 0.3) is 0 Å². The van der Waals surface area contributed by atoms with E-state index in [1.807, 2.05) is 0 Å². The van der Waals surface area contributed by atoms with E-state index in [9.17, 15) is 19.8 Å². The second-order valence-electron chi connectivity index (χ2n) is 5.74. The van der Waals surface area contributed by atoms with E-state index in [2.05, 4.69) is 8.75 Å². The first-order chi connectivity index (χ1) is 12.4. The number of anilines is 1. The maximum atomic E-state index is 12.0. The molecule has 0 amide bonds. The van der Waals surface area contributed by atoms with Gasteiger partial charge in [-0.3, -0.25) is 0 Å². The van der Waals surface area contributed by atoms with Crippen molar-refractivity contribution in [1.29, 1.82) is 0 Å². The van der Waals surface area contributed by atoms with Gasteiger partial charge in [0.15, 0.2) is 0 Å². The number of aromatic nitrogens is 2. The maximum absolute atomic E-state index is 12.0. The average molecular weight is 369 g/mol. The summed E-state index contributed by atoms with van der Waals surface area (Å²) in [7, 11) is 3.54. The zero-order valence-electron chi connectivity index (χ0n) is 14.0. The Hall–Kier alpha value is -3.26. The number of nitrogens with zero attached hydrogens (tertiary/aromatic N) is 3. The van der Waals surface area contributed by atoms with Gasteiger partial charge in [-0.05, 0) is 23.8 Å². The van der Waals surface area contributed by atoms with Crippen LogP contribution >= 0.6 is 11.7 Å². The molecule has 0 atom stereocenters. The SMILES string of the molecule is CN(C)c1ccccc1/C(C(=O)O)=C(/C(=O)O)c1ccc2nsnc2c1. The lowest BCUT2D eigenvalue weighted by Crippen LogP contribution is -2.15.